The Morgan fingerprint density at radius 3 is 2.84 bits per heavy atom. The van der Waals surface area contributed by atoms with Crippen LogP contribution in [0.1, 0.15) is 0 Å². The fraction of sp³-hybridized carbons (Fsp3) is 0.0769. The normalized spacial score (nSPS) is 10.8. The standard InChI is InChI=1S/C13H10N2O4/c1-17-8-3-2-7-4-9(10-6-18-13(14)15-10)12(16)19-11(7)5-8/h2-6H,1H3,(H2,14,15). The van der Waals surface area contributed by atoms with Crippen LogP contribution in [0.5, 0.6) is 5.75 Å². The van der Waals surface area contributed by atoms with Gasteiger partial charge in [-0.05, 0) is 18.2 Å². The van der Waals surface area contributed by atoms with Crippen molar-refractivity contribution in [2.45, 2.75) is 0 Å². The zero-order valence-corrected chi connectivity index (χ0v) is 10.0. The predicted molar refractivity (Wildman–Crippen MR) is 68.9 cm³/mol. The lowest BCUT2D eigenvalue weighted by molar-refractivity contribution is 0.414. The van der Waals surface area contributed by atoms with E-state index in [0.29, 0.717) is 22.6 Å². The van der Waals surface area contributed by atoms with Gasteiger partial charge in [0.15, 0.2) is 0 Å². The Hall–Kier alpha value is -2.76. The summed E-state index contributed by atoms with van der Waals surface area (Å²) in [6.45, 7) is 0. The first-order chi connectivity index (χ1) is 9.17. The molecular weight excluding hydrogens is 248 g/mol. The van der Waals surface area contributed by atoms with Crippen LogP contribution in [0.3, 0.4) is 0 Å². The van der Waals surface area contributed by atoms with E-state index in [1.54, 1.807) is 31.4 Å². The molecule has 0 atom stereocenters. The number of hydrogen-bond donors (Lipinski definition) is 1. The summed E-state index contributed by atoms with van der Waals surface area (Å²) in [5, 5.41) is 0.761. The zero-order valence-electron chi connectivity index (χ0n) is 10.0. The van der Waals surface area contributed by atoms with Crippen molar-refractivity contribution in [2.24, 2.45) is 0 Å². The molecule has 2 heterocycles. The van der Waals surface area contributed by atoms with E-state index in [9.17, 15) is 4.79 Å². The summed E-state index contributed by atoms with van der Waals surface area (Å²) in [6, 6.07) is 6.91. The topological polar surface area (TPSA) is 91.5 Å². The fourth-order valence-corrected chi connectivity index (χ4v) is 1.81. The molecular formula is C13H10N2O4. The maximum absolute atomic E-state index is 11.9. The maximum Gasteiger partial charge on any atom is 0.345 e. The number of fused-ring (bicyclic) bond motifs is 1. The quantitative estimate of drug-likeness (QED) is 0.707. The van der Waals surface area contributed by atoms with Crippen molar-refractivity contribution >= 4 is 17.0 Å². The molecule has 1 aromatic carbocycles. The van der Waals surface area contributed by atoms with E-state index in [0.717, 1.165) is 5.39 Å². The van der Waals surface area contributed by atoms with Crippen LogP contribution in [-0.2, 0) is 0 Å². The van der Waals surface area contributed by atoms with Gasteiger partial charge in [0.2, 0.25) is 0 Å². The van der Waals surface area contributed by atoms with Crippen molar-refractivity contribution in [3.8, 4) is 17.0 Å². The number of nitrogen functional groups attached to an aromatic ring is 1. The molecule has 0 saturated carbocycles. The van der Waals surface area contributed by atoms with E-state index in [4.69, 9.17) is 19.3 Å². The van der Waals surface area contributed by atoms with E-state index in [1.165, 1.54) is 6.26 Å². The summed E-state index contributed by atoms with van der Waals surface area (Å²) in [5.41, 5.74) is 5.99. The molecule has 96 valence electrons. The summed E-state index contributed by atoms with van der Waals surface area (Å²) >= 11 is 0. The highest BCUT2D eigenvalue weighted by Gasteiger charge is 2.12. The average Bonchev–Trinajstić information content (AvgIpc) is 2.83. The highest BCUT2D eigenvalue weighted by molar-refractivity contribution is 5.82. The van der Waals surface area contributed by atoms with Gasteiger partial charge in [0.25, 0.3) is 6.01 Å². The van der Waals surface area contributed by atoms with Gasteiger partial charge in [0.05, 0.1) is 12.7 Å². The molecule has 6 nitrogen and oxygen atoms in total. The number of methoxy groups -OCH3 is 1. The number of benzene rings is 1. The van der Waals surface area contributed by atoms with E-state index >= 15 is 0 Å². The Balaban J connectivity index is 2.22. The number of rotatable bonds is 2. The first-order valence-electron chi connectivity index (χ1n) is 5.50. The largest absolute Gasteiger partial charge is 0.497 e. The number of aromatic nitrogens is 1. The minimum atomic E-state index is -0.506. The van der Waals surface area contributed by atoms with E-state index in [2.05, 4.69) is 4.98 Å². The van der Waals surface area contributed by atoms with Gasteiger partial charge in [-0.3, -0.25) is 0 Å². The van der Waals surface area contributed by atoms with Crippen LogP contribution in [0.25, 0.3) is 22.2 Å². The molecule has 2 aromatic heterocycles. The molecule has 0 saturated heterocycles. The second-order valence-corrected chi connectivity index (χ2v) is 3.92. The number of hydrogen-bond acceptors (Lipinski definition) is 6. The van der Waals surface area contributed by atoms with Crippen molar-refractivity contribution in [3.05, 3.63) is 40.9 Å². The van der Waals surface area contributed by atoms with Crippen molar-refractivity contribution in [3.63, 3.8) is 0 Å². The van der Waals surface area contributed by atoms with Crippen LogP contribution in [-0.4, -0.2) is 12.1 Å². The van der Waals surface area contributed by atoms with E-state index < -0.39 is 5.63 Å². The molecule has 0 spiro atoms. The Morgan fingerprint density at radius 2 is 2.16 bits per heavy atom. The molecule has 3 aromatic rings. The van der Waals surface area contributed by atoms with Gasteiger partial charge in [0.1, 0.15) is 23.3 Å². The van der Waals surface area contributed by atoms with E-state index in [1.807, 2.05) is 0 Å². The zero-order chi connectivity index (χ0) is 13.4. The monoisotopic (exact) mass is 258 g/mol. The van der Waals surface area contributed by atoms with Gasteiger partial charge in [0, 0.05) is 11.5 Å². The average molecular weight is 258 g/mol. The fourth-order valence-electron chi connectivity index (χ4n) is 1.81. The molecule has 2 N–H and O–H groups in total. The summed E-state index contributed by atoms with van der Waals surface area (Å²) in [6.07, 6.45) is 1.32. The maximum atomic E-state index is 11.9. The Bertz CT molecular complexity index is 804. The van der Waals surface area contributed by atoms with Gasteiger partial charge in [-0.15, -0.1) is 0 Å². The third-order valence-electron chi connectivity index (χ3n) is 2.74. The number of oxazole rings is 1. The molecule has 3 rings (SSSR count). The van der Waals surface area contributed by atoms with Crippen LogP contribution >= 0.6 is 0 Å². The predicted octanol–water partition coefficient (Wildman–Crippen LogP) is 2.04. The molecule has 19 heavy (non-hydrogen) atoms. The Kier molecular flexibility index (Phi) is 2.49. The highest BCUT2D eigenvalue weighted by Crippen LogP contribution is 2.24. The second kappa shape index (κ2) is 4.16. The number of nitrogens with two attached hydrogens (primary N) is 1. The van der Waals surface area contributed by atoms with Gasteiger partial charge in [-0.1, -0.05) is 0 Å². The lowest BCUT2D eigenvalue weighted by Gasteiger charge is -2.02. The molecule has 0 radical (unpaired) electrons. The molecule has 0 amide bonds. The number of nitrogens with zero attached hydrogens (tertiary/aromatic N) is 1. The van der Waals surface area contributed by atoms with Crippen molar-refractivity contribution in [1.29, 1.82) is 0 Å². The highest BCUT2D eigenvalue weighted by atomic mass is 16.5. The molecule has 0 unspecified atom stereocenters. The first-order valence-corrected chi connectivity index (χ1v) is 5.50. The molecule has 0 aliphatic carbocycles. The third kappa shape index (κ3) is 1.93. The lowest BCUT2D eigenvalue weighted by Crippen LogP contribution is -2.03. The Labute approximate surface area is 107 Å². The molecule has 0 aliphatic heterocycles. The lowest BCUT2D eigenvalue weighted by atomic mass is 10.1. The summed E-state index contributed by atoms with van der Waals surface area (Å²) < 4.78 is 15.2. The van der Waals surface area contributed by atoms with Crippen LogP contribution in [0, 0.1) is 0 Å². The molecule has 0 fully saturated rings. The number of ether oxygens (including phenoxy) is 1. The van der Waals surface area contributed by atoms with Crippen molar-refractivity contribution < 1.29 is 13.6 Å². The Morgan fingerprint density at radius 1 is 1.32 bits per heavy atom. The van der Waals surface area contributed by atoms with Gasteiger partial charge >= 0.3 is 5.63 Å². The van der Waals surface area contributed by atoms with Gasteiger partial charge < -0.3 is 19.3 Å². The first kappa shape index (κ1) is 11.3. The van der Waals surface area contributed by atoms with Crippen molar-refractivity contribution in [2.75, 3.05) is 12.8 Å². The van der Waals surface area contributed by atoms with Crippen LogP contribution in [0.2, 0.25) is 0 Å². The minimum Gasteiger partial charge on any atom is -0.497 e. The SMILES string of the molecule is COc1ccc2cc(-c3coc(N)n3)c(=O)oc2c1. The molecule has 6 heteroatoms. The van der Waals surface area contributed by atoms with Crippen molar-refractivity contribution in [1.82, 2.24) is 4.98 Å². The van der Waals surface area contributed by atoms with Crippen LogP contribution < -0.4 is 16.1 Å². The summed E-state index contributed by atoms with van der Waals surface area (Å²) in [4.78, 5) is 15.8. The van der Waals surface area contributed by atoms with Gasteiger partial charge in [-0.25, -0.2) is 4.79 Å². The minimum absolute atomic E-state index is 0.00391. The van der Waals surface area contributed by atoms with Crippen LogP contribution in [0.15, 0.2) is 44.2 Å². The third-order valence-corrected chi connectivity index (χ3v) is 2.74. The number of anilines is 1. The van der Waals surface area contributed by atoms with E-state index in [-0.39, 0.29) is 6.01 Å². The van der Waals surface area contributed by atoms with Gasteiger partial charge in [-0.2, -0.15) is 4.98 Å². The summed E-state index contributed by atoms with van der Waals surface area (Å²) in [5.74, 6) is 0.620. The molecule has 0 aliphatic rings. The van der Waals surface area contributed by atoms with Crippen LogP contribution in [0.4, 0.5) is 6.01 Å². The summed E-state index contributed by atoms with van der Waals surface area (Å²) in [7, 11) is 1.55. The molecule has 0 bridgehead atoms. The second-order valence-electron chi connectivity index (χ2n) is 3.92. The smallest absolute Gasteiger partial charge is 0.345 e.